The topological polar surface area (TPSA) is 140 Å². The van der Waals surface area contributed by atoms with Crippen LogP contribution in [0.5, 0.6) is 0 Å². The van der Waals surface area contributed by atoms with Gasteiger partial charge in [0.05, 0.1) is 17.7 Å². The summed E-state index contributed by atoms with van der Waals surface area (Å²) in [6.45, 7) is 1.02. The largest absolute Gasteiger partial charge is 0.480 e. The highest BCUT2D eigenvalue weighted by atomic mass is 19.4. The van der Waals surface area contributed by atoms with Crippen LogP contribution in [-0.2, 0) is 27.0 Å². The summed E-state index contributed by atoms with van der Waals surface area (Å²) in [6, 6.07) is 10.3. The fourth-order valence-corrected chi connectivity index (χ4v) is 5.88. The van der Waals surface area contributed by atoms with Gasteiger partial charge >= 0.3 is 12.1 Å². The van der Waals surface area contributed by atoms with Crippen molar-refractivity contribution in [3.63, 3.8) is 0 Å². The van der Waals surface area contributed by atoms with Gasteiger partial charge in [-0.2, -0.15) is 18.4 Å². The van der Waals surface area contributed by atoms with E-state index in [-0.39, 0.29) is 29.7 Å². The lowest BCUT2D eigenvalue weighted by atomic mass is 9.91. The lowest BCUT2D eigenvalue weighted by Crippen LogP contribution is -2.38. The number of nitriles is 1. The predicted octanol–water partition coefficient (Wildman–Crippen LogP) is 4.52. The van der Waals surface area contributed by atoms with Crippen LogP contribution < -0.4 is 15.1 Å². The number of ketones is 1. The van der Waals surface area contributed by atoms with Crippen molar-refractivity contribution in [1.29, 1.82) is 5.26 Å². The maximum atomic E-state index is 13.9. The summed E-state index contributed by atoms with van der Waals surface area (Å²) in [5, 5.41) is 19.9. The lowest BCUT2D eigenvalue weighted by Gasteiger charge is -2.34. The van der Waals surface area contributed by atoms with Crippen LogP contribution in [0.15, 0.2) is 30.3 Å². The number of benzene rings is 1. The second-order valence-electron chi connectivity index (χ2n) is 11.4. The standard InChI is InChI=1S/C31H37F3N6O4/c32-31(33,34)30-37-26(39-16-13-22(14-17-39)5-2-8-28(42)36-20-29(43)44)18-27(38-30)40-15-3-6-24(40)25(41)7-1-4-21-9-11-23(19-35)12-10-21/h9-12,18,22,24H,1-8,13-17,20H2,(H,36,42)(H,43,44)/t24-/m0/s1. The number of aryl methyl sites for hydroxylation is 1. The SMILES string of the molecule is N#Cc1ccc(CCCC(=O)[C@@H]2CCCN2c2cc(N3CCC(CCCC(=O)NCC(=O)O)CC3)nc(C(F)(F)F)n2)cc1. The normalized spacial score (nSPS) is 17.4. The molecule has 2 aromatic rings. The Morgan fingerprint density at radius 3 is 2.36 bits per heavy atom. The smallest absolute Gasteiger partial charge is 0.451 e. The molecule has 0 spiro atoms. The molecule has 0 aliphatic carbocycles. The Bertz CT molecular complexity index is 1350. The molecule has 1 atom stereocenters. The summed E-state index contributed by atoms with van der Waals surface area (Å²) in [5.74, 6) is -2.07. The average Bonchev–Trinajstić information content (AvgIpc) is 3.50. The van der Waals surface area contributed by atoms with Gasteiger partial charge in [0.1, 0.15) is 18.2 Å². The maximum Gasteiger partial charge on any atom is 0.451 e. The number of piperidine rings is 1. The fraction of sp³-hybridized carbons (Fsp3) is 0.548. The molecule has 2 fully saturated rings. The molecule has 2 N–H and O–H groups in total. The Morgan fingerprint density at radius 1 is 1.00 bits per heavy atom. The van der Waals surface area contributed by atoms with E-state index in [9.17, 15) is 27.6 Å². The second-order valence-corrected chi connectivity index (χ2v) is 11.4. The quantitative estimate of drug-likeness (QED) is 0.333. The van der Waals surface area contributed by atoms with E-state index in [1.54, 1.807) is 23.1 Å². The number of nitrogens with one attached hydrogen (secondary N) is 1. The Morgan fingerprint density at radius 2 is 1.70 bits per heavy atom. The van der Waals surface area contributed by atoms with E-state index in [0.29, 0.717) is 69.6 Å². The van der Waals surface area contributed by atoms with Gasteiger partial charge in [0.2, 0.25) is 11.7 Å². The monoisotopic (exact) mass is 614 g/mol. The van der Waals surface area contributed by atoms with E-state index in [4.69, 9.17) is 10.4 Å². The zero-order chi connectivity index (χ0) is 31.7. The van der Waals surface area contributed by atoms with E-state index in [1.165, 1.54) is 0 Å². The minimum atomic E-state index is -4.75. The number of aromatic nitrogens is 2. The van der Waals surface area contributed by atoms with Crippen LogP contribution >= 0.6 is 0 Å². The summed E-state index contributed by atoms with van der Waals surface area (Å²) in [4.78, 5) is 46.8. The summed E-state index contributed by atoms with van der Waals surface area (Å²) < 4.78 is 41.7. The molecule has 44 heavy (non-hydrogen) atoms. The molecule has 10 nitrogen and oxygen atoms in total. The van der Waals surface area contributed by atoms with Gasteiger partial charge in [-0.15, -0.1) is 0 Å². The molecule has 0 saturated carbocycles. The fourth-order valence-electron chi connectivity index (χ4n) is 5.88. The number of alkyl halides is 3. The number of hydrogen-bond donors (Lipinski definition) is 2. The summed E-state index contributed by atoms with van der Waals surface area (Å²) in [6.07, 6.45) is 1.07. The molecule has 2 saturated heterocycles. The highest BCUT2D eigenvalue weighted by Gasteiger charge is 2.38. The van der Waals surface area contributed by atoms with Gasteiger partial charge in [-0.05, 0) is 75.0 Å². The predicted molar refractivity (Wildman–Crippen MR) is 156 cm³/mol. The Balaban J connectivity index is 1.36. The van der Waals surface area contributed by atoms with Crippen molar-refractivity contribution in [2.75, 3.05) is 36.0 Å². The third-order valence-corrected chi connectivity index (χ3v) is 8.23. The first-order chi connectivity index (χ1) is 21.0. The number of carbonyl (C=O) groups is 3. The number of anilines is 2. The van der Waals surface area contributed by atoms with Crippen LogP contribution in [-0.4, -0.2) is 65.0 Å². The van der Waals surface area contributed by atoms with Crippen molar-refractivity contribution >= 4 is 29.3 Å². The van der Waals surface area contributed by atoms with Gasteiger partial charge in [-0.3, -0.25) is 14.4 Å². The number of hydrogen-bond acceptors (Lipinski definition) is 8. The van der Waals surface area contributed by atoms with Crippen molar-refractivity contribution in [2.24, 2.45) is 5.92 Å². The number of carboxylic acid groups (broad SMARTS) is 1. The minimum Gasteiger partial charge on any atom is -0.480 e. The molecule has 3 heterocycles. The van der Waals surface area contributed by atoms with Crippen molar-refractivity contribution in [3.8, 4) is 6.07 Å². The van der Waals surface area contributed by atoms with Crippen LogP contribution in [0.25, 0.3) is 0 Å². The van der Waals surface area contributed by atoms with E-state index >= 15 is 0 Å². The van der Waals surface area contributed by atoms with Gasteiger partial charge in [0.25, 0.3) is 0 Å². The van der Waals surface area contributed by atoms with Crippen LogP contribution in [0.2, 0.25) is 0 Å². The van der Waals surface area contributed by atoms with E-state index in [2.05, 4.69) is 21.4 Å². The first kappa shape index (κ1) is 32.7. The van der Waals surface area contributed by atoms with Gasteiger partial charge in [0.15, 0.2) is 5.78 Å². The Labute approximate surface area is 254 Å². The molecule has 2 aliphatic heterocycles. The van der Waals surface area contributed by atoms with Crippen molar-refractivity contribution in [3.05, 3.63) is 47.3 Å². The van der Waals surface area contributed by atoms with Crippen molar-refractivity contribution in [1.82, 2.24) is 15.3 Å². The molecule has 13 heteroatoms. The number of halogens is 3. The Kier molecular flexibility index (Phi) is 11.1. The molecular weight excluding hydrogens is 577 g/mol. The van der Waals surface area contributed by atoms with Crippen LogP contribution in [0.3, 0.4) is 0 Å². The van der Waals surface area contributed by atoms with Crippen molar-refractivity contribution < 1.29 is 32.7 Å². The zero-order valence-corrected chi connectivity index (χ0v) is 24.5. The van der Waals surface area contributed by atoms with Crippen molar-refractivity contribution in [2.45, 2.75) is 76.4 Å². The number of aliphatic carboxylic acids is 1. The summed E-state index contributed by atoms with van der Waals surface area (Å²) in [5.41, 5.74) is 1.58. The lowest BCUT2D eigenvalue weighted by molar-refractivity contribution is -0.144. The van der Waals surface area contributed by atoms with Gasteiger partial charge in [-0.25, -0.2) is 9.97 Å². The zero-order valence-electron chi connectivity index (χ0n) is 24.5. The molecule has 236 valence electrons. The van der Waals surface area contributed by atoms with Crippen LogP contribution in [0, 0.1) is 17.2 Å². The van der Waals surface area contributed by atoms with Crippen LogP contribution in [0.1, 0.15) is 74.7 Å². The van der Waals surface area contributed by atoms with E-state index < -0.39 is 30.6 Å². The molecule has 1 amide bonds. The number of carbonyl (C=O) groups excluding carboxylic acids is 2. The first-order valence-corrected chi connectivity index (χ1v) is 15.0. The minimum absolute atomic E-state index is 0.0256. The molecule has 1 aromatic carbocycles. The van der Waals surface area contributed by atoms with E-state index in [0.717, 1.165) is 24.8 Å². The third-order valence-electron chi connectivity index (χ3n) is 8.23. The molecule has 0 bridgehead atoms. The molecule has 4 rings (SSSR count). The molecular formula is C31H37F3N6O4. The molecule has 1 aromatic heterocycles. The maximum absolute atomic E-state index is 13.9. The number of rotatable bonds is 13. The number of carboxylic acids is 1. The third kappa shape index (κ3) is 9.14. The van der Waals surface area contributed by atoms with E-state index in [1.807, 2.05) is 17.0 Å². The number of nitrogens with zero attached hydrogens (tertiary/aromatic N) is 5. The van der Waals surface area contributed by atoms with Gasteiger partial charge in [-0.1, -0.05) is 12.1 Å². The molecule has 0 unspecified atom stereocenters. The number of amides is 1. The second kappa shape index (κ2) is 15.0. The van der Waals surface area contributed by atoms with Gasteiger partial charge < -0.3 is 20.2 Å². The highest BCUT2D eigenvalue weighted by Crippen LogP contribution is 2.34. The molecule has 0 radical (unpaired) electrons. The summed E-state index contributed by atoms with van der Waals surface area (Å²) >= 11 is 0. The highest BCUT2D eigenvalue weighted by molar-refractivity contribution is 5.87. The average molecular weight is 615 g/mol. The Hall–Kier alpha value is -4.21. The summed E-state index contributed by atoms with van der Waals surface area (Å²) in [7, 11) is 0. The molecule has 2 aliphatic rings. The number of Topliss-reactive ketones (excluding diaryl/α,β-unsaturated/α-hetero) is 1. The van der Waals surface area contributed by atoms with Crippen LogP contribution in [0.4, 0.5) is 24.8 Å². The van der Waals surface area contributed by atoms with Gasteiger partial charge in [0, 0.05) is 38.5 Å². The first-order valence-electron chi connectivity index (χ1n) is 15.0.